The molecule has 3 aromatic rings. The Balaban J connectivity index is 2.01. The van der Waals surface area contributed by atoms with Gasteiger partial charge in [-0.1, -0.05) is 30.3 Å². The van der Waals surface area contributed by atoms with E-state index < -0.39 is 11.4 Å². The molecule has 8 heteroatoms. The first-order valence-electron chi connectivity index (χ1n) is 9.24. The van der Waals surface area contributed by atoms with Crippen molar-refractivity contribution in [2.45, 2.75) is 33.0 Å². The highest BCUT2D eigenvalue weighted by Crippen LogP contribution is 2.18. The molecule has 1 heterocycles. The van der Waals surface area contributed by atoms with E-state index in [1.54, 1.807) is 33.1 Å². The largest absolute Gasteiger partial charge is 0.496 e. The number of methoxy groups -OCH3 is 1. The summed E-state index contributed by atoms with van der Waals surface area (Å²) in [5.41, 5.74) is 0.463. The summed E-state index contributed by atoms with van der Waals surface area (Å²) in [5.74, 6) is 0.468. The summed E-state index contributed by atoms with van der Waals surface area (Å²) >= 11 is 0. The Labute approximate surface area is 167 Å². The molecular formula is C21H23FN4O3. The molecule has 0 atom stereocenters. The van der Waals surface area contributed by atoms with Gasteiger partial charge in [-0.05, 0) is 37.6 Å². The van der Waals surface area contributed by atoms with E-state index in [4.69, 9.17) is 4.74 Å². The first-order valence-corrected chi connectivity index (χ1v) is 9.24. The van der Waals surface area contributed by atoms with Crippen LogP contribution in [0.15, 0.2) is 58.1 Å². The molecule has 0 spiro atoms. The maximum Gasteiger partial charge on any atom is 0.355 e. The minimum atomic E-state index is -0.622. The van der Waals surface area contributed by atoms with Crippen molar-refractivity contribution in [1.29, 1.82) is 0 Å². The third kappa shape index (κ3) is 4.53. The monoisotopic (exact) mass is 398 g/mol. The normalized spacial score (nSPS) is 10.9. The molecule has 0 aliphatic carbocycles. The van der Waals surface area contributed by atoms with Gasteiger partial charge in [0.05, 0.1) is 13.7 Å². The summed E-state index contributed by atoms with van der Waals surface area (Å²) < 4.78 is 21.0. The van der Waals surface area contributed by atoms with Crippen LogP contribution in [0.3, 0.4) is 0 Å². The Bertz CT molecular complexity index is 1100. The fourth-order valence-corrected chi connectivity index (χ4v) is 3.02. The lowest BCUT2D eigenvalue weighted by Crippen LogP contribution is -2.43. The standard InChI is InChI=1S/C21H23FN4O3/c1-14(2)26-20(27)24-19(23-12-16-6-4-5-7-18(16)29-3)25(21(26)28)13-15-8-10-17(22)11-9-15/h4-11,14H,12-13H2,1-3H3,(H,23,24,27). The number of nitrogens with zero attached hydrogens (tertiary/aromatic N) is 3. The van der Waals surface area contributed by atoms with Crippen molar-refractivity contribution in [2.75, 3.05) is 12.4 Å². The third-order valence-electron chi connectivity index (χ3n) is 4.50. The van der Waals surface area contributed by atoms with E-state index in [0.717, 1.165) is 10.1 Å². The van der Waals surface area contributed by atoms with E-state index in [-0.39, 0.29) is 24.4 Å². The number of benzene rings is 2. The van der Waals surface area contributed by atoms with Crippen LogP contribution in [0.25, 0.3) is 0 Å². The molecule has 152 valence electrons. The summed E-state index contributed by atoms with van der Waals surface area (Å²) in [6, 6.07) is 12.9. The lowest BCUT2D eigenvalue weighted by Gasteiger charge is -2.17. The van der Waals surface area contributed by atoms with Gasteiger partial charge in [0.1, 0.15) is 11.6 Å². The van der Waals surface area contributed by atoms with Gasteiger partial charge in [-0.25, -0.2) is 18.5 Å². The minimum Gasteiger partial charge on any atom is -0.496 e. The second-order valence-electron chi connectivity index (χ2n) is 6.84. The SMILES string of the molecule is COc1ccccc1CNc1nc(=O)n(C(C)C)c(=O)n1Cc1ccc(F)cc1. The predicted molar refractivity (Wildman–Crippen MR) is 109 cm³/mol. The third-order valence-corrected chi connectivity index (χ3v) is 4.50. The summed E-state index contributed by atoms with van der Waals surface area (Å²) in [5, 5.41) is 3.07. The molecule has 7 nitrogen and oxygen atoms in total. The van der Waals surface area contributed by atoms with E-state index in [1.165, 1.54) is 16.7 Å². The summed E-state index contributed by atoms with van der Waals surface area (Å²) in [6.45, 7) is 3.95. The lowest BCUT2D eigenvalue weighted by atomic mass is 10.2. The van der Waals surface area contributed by atoms with Gasteiger partial charge in [-0.2, -0.15) is 4.98 Å². The fraction of sp³-hybridized carbons (Fsp3) is 0.286. The highest BCUT2D eigenvalue weighted by molar-refractivity contribution is 5.37. The predicted octanol–water partition coefficient (Wildman–Crippen LogP) is 2.79. The molecule has 0 fully saturated rings. The molecule has 0 radical (unpaired) electrons. The van der Waals surface area contributed by atoms with Gasteiger partial charge < -0.3 is 10.1 Å². The van der Waals surface area contributed by atoms with Crippen LogP contribution in [0.5, 0.6) is 5.75 Å². The van der Waals surface area contributed by atoms with Gasteiger partial charge in [0.2, 0.25) is 5.95 Å². The topological polar surface area (TPSA) is 78.2 Å². The first kappa shape index (κ1) is 20.3. The smallest absolute Gasteiger partial charge is 0.355 e. The van der Waals surface area contributed by atoms with Crippen molar-refractivity contribution in [3.05, 3.63) is 86.4 Å². The van der Waals surface area contributed by atoms with E-state index in [1.807, 2.05) is 24.3 Å². The molecular weight excluding hydrogens is 375 g/mol. The number of rotatable bonds is 7. The Morgan fingerprint density at radius 2 is 1.79 bits per heavy atom. The number of hydrogen-bond donors (Lipinski definition) is 1. The molecule has 0 amide bonds. The maximum absolute atomic E-state index is 13.2. The number of anilines is 1. The van der Waals surface area contributed by atoms with Crippen molar-refractivity contribution < 1.29 is 9.13 Å². The van der Waals surface area contributed by atoms with Crippen molar-refractivity contribution in [2.24, 2.45) is 0 Å². The van der Waals surface area contributed by atoms with Gasteiger partial charge in [0.15, 0.2) is 0 Å². The van der Waals surface area contributed by atoms with E-state index in [9.17, 15) is 14.0 Å². The second kappa shape index (κ2) is 8.72. The Morgan fingerprint density at radius 3 is 2.45 bits per heavy atom. The number of nitrogens with one attached hydrogen (secondary N) is 1. The van der Waals surface area contributed by atoms with Crippen LogP contribution < -0.4 is 21.4 Å². The zero-order chi connectivity index (χ0) is 21.0. The van der Waals surface area contributed by atoms with Gasteiger partial charge in [0.25, 0.3) is 0 Å². The first-order chi connectivity index (χ1) is 13.9. The minimum absolute atomic E-state index is 0.145. The Hall–Kier alpha value is -3.42. The van der Waals surface area contributed by atoms with Crippen LogP contribution in [0.4, 0.5) is 10.3 Å². The van der Waals surface area contributed by atoms with E-state index in [2.05, 4.69) is 10.3 Å². The van der Waals surface area contributed by atoms with Crippen LogP contribution in [0, 0.1) is 5.82 Å². The number of ether oxygens (including phenoxy) is 1. The van der Waals surface area contributed by atoms with Crippen LogP contribution in [-0.4, -0.2) is 21.2 Å². The summed E-state index contributed by atoms with van der Waals surface area (Å²) in [6.07, 6.45) is 0. The highest BCUT2D eigenvalue weighted by atomic mass is 19.1. The molecule has 1 N–H and O–H groups in total. The summed E-state index contributed by atoms with van der Waals surface area (Å²) in [7, 11) is 1.57. The van der Waals surface area contributed by atoms with Crippen LogP contribution >= 0.6 is 0 Å². The molecule has 0 bridgehead atoms. The number of hydrogen-bond acceptors (Lipinski definition) is 5. The molecule has 29 heavy (non-hydrogen) atoms. The van der Waals surface area contributed by atoms with Crippen molar-refractivity contribution in [3.63, 3.8) is 0 Å². The van der Waals surface area contributed by atoms with Gasteiger partial charge >= 0.3 is 11.4 Å². The summed E-state index contributed by atoms with van der Waals surface area (Å²) in [4.78, 5) is 29.5. The van der Waals surface area contributed by atoms with Crippen LogP contribution in [0.2, 0.25) is 0 Å². The fourth-order valence-electron chi connectivity index (χ4n) is 3.02. The van der Waals surface area contributed by atoms with Crippen molar-refractivity contribution in [3.8, 4) is 5.75 Å². The molecule has 0 aliphatic rings. The van der Waals surface area contributed by atoms with Gasteiger partial charge in [0, 0.05) is 18.2 Å². The van der Waals surface area contributed by atoms with Gasteiger partial charge in [-0.3, -0.25) is 4.57 Å². The molecule has 1 aromatic heterocycles. The molecule has 0 saturated carbocycles. The number of halogens is 1. The van der Waals surface area contributed by atoms with Crippen molar-refractivity contribution in [1.82, 2.24) is 14.1 Å². The van der Waals surface area contributed by atoms with E-state index >= 15 is 0 Å². The Kier molecular flexibility index (Phi) is 6.11. The number of para-hydroxylation sites is 1. The molecule has 2 aromatic carbocycles. The molecule has 3 rings (SSSR count). The van der Waals surface area contributed by atoms with Crippen LogP contribution in [-0.2, 0) is 13.1 Å². The van der Waals surface area contributed by atoms with Crippen LogP contribution in [0.1, 0.15) is 31.0 Å². The molecule has 0 aliphatic heterocycles. The second-order valence-corrected chi connectivity index (χ2v) is 6.84. The lowest BCUT2D eigenvalue weighted by molar-refractivity contribution is 0.410. The zero-order valence-electron chi connectivity index (χ0n) is 16.6. The average Bonchev–Trinajstić information content (AvgIpc) is 2.70. The highest BCUT2D eigenvalue weighted by Gasteiger charge is 2.16. The van der Waals surface area contributed by atoms with Gasteiger partial charge in [-0.15, -0.1) is 0 Å². The average molecular weight is 398 g/mol. The van der Waals surface area contributed by atoms with Crippen molar-refractivity contribution >= 4 is 5.95 Å². The van der Waals surface area contributed by atoms with E-state index in [0.29, 0.717) is 17.9 Å². The molecule has 0 saturated heterocycles. The molecule has 0 unspecified atom stereocenters. The quantitative estimate of drug-likeness (QED) is 0.662. The zero-order valence-corrected chi connectivity index (χ0v) is 16.6. The number of aromatic nitrogens is 3. The Morgan fingerprint density at radius 1 is 1.10 bits per heavy atom. The maximum atomic E-state index is 13.2.